The van der Waals surface area contributed by atoms with E-state index >= 15 is 0 Å². The molecule has 1 saturated heterocycles. The Morgan fingerprint density at radius 2 is 2.44 bits per heavy atom. The quantitative estimate of drug-likeness (QED) is 0.627. The fourth-order valence-corrected chi connectivity index (χ4v) is 3.13. The molecule has 1 aromatic rings. The Labute approximate surface area is 116 Å². The van der Waals surface area contributed by atoms with Crippen LogP contribution >= 0.6 is 23.4 Å². The van der Waals surface area contributed by atoms with Crippen LogP contribution in [0, 0.1) is 0 Å². The number of isocyanates is 1. The van der Waals surface area contributed by atoms with Gasteiger partial charge < -0.3 is 4.74 Å². The summed E-state index contributed by atoms with van der Waals surface area (Å²) in [4.78, 5) is 13.6. The normalized spacial score (nSPS) is 19.1. The zero-order valence-corrected chi connectivity index (χ0v) is 11.5. The molecule has 0 amide bonds. The molecule has 1 heterocycles. The maximum Gasteiger partial charge on any atom is 0.235 e. The number of ether oxygens (including phenoxy) is 1. The van der Waals surface area contributed by atoms with Crippen molar-refractivity contribution in [3.05, 3.63) is 28.8 Å². The highest BCUT2D eigenvalue weighted by Gasteiger charge is 2.16. The minimum atomic E-state index is 0.250. The van der Waals surface area contributed by atoms with E-state index in [9.17, 15) is 4.79 Å². The van der Waals surface area contributed by atoms with E-state index in [1.165, 1.54) is 18.3 Å². The molecule has 1 unspecified atom stereocenters. The number of hydrogen-bond acceptors (Lipinski definition) is 4. The van der Waals surface area contributed by atoms with Gasteiger partial charge in [0.25, 0.3) is 0 Å². The Hall–Kier alpha value is -0.960. The summed E-state index contributed by atoms with van der Waals surface area (Å²) < 4.78 is 5.88. The van der Waals surface area contributed by atoms with Gasteiger partial charge in [0.1, 0.15) is 11.9 Å². The van der Waals surface area contributed by atoms with E-state index in [2.05, 4.69) is 4.99 Å². The predicted octanol–water partition coefficient (Wildman–Crippen LogP) is 3.45. The first kappa shape index (κ1) is 13.5. The number of carbonyl (C=O) groups excluding carboxylic acids is 1. The van der Waals surface area contributed by atoms with Gasteiger partial charge in [-0.15, -0.1) is 0 Å². The largest absolute Gasteiger partial charge is 0.488 e. The molecule has 5 heteroatoms. The second-order valence-corrected chi connectivity index (χ2v) is 5.69. The fourth-order valence-electron chi connectivity index (χ4n) is 1.85. The molecule has 0 aromatic heterocycles. The minimum absolute atomic E-state index is 0.250. The van der Waals surface area contributed by atoms with Crippen molar-refractivity contribution < 1.29 is 9.53 Å². The monoisotopic (exact) mass is 283 g/mol. The molecule has 18 heavy (non-hydrogen) atoms. The van der Waals surface area contributed by atoms with Gasteiger partial charge in [0.15, 0.2) is 0 Å². The maximum atomic E-state index is 10.0. The lowest BCUT2D eigenvalue weighted by molar-refractivity contribution is 0.211. The van der Waals surface area contributed by atoms with Gasteiger partial charge in [0, 0.05) is 5.75 Å². The van der Waals surface area contributed by atoms with Crippen LogP contribution < -0.4 is 4.74 Å². The summed E-state index contributed by atoms with van der Waals surface area (Å²) in [6, 6.07) is 5.50. The average molecular weight is 284 g/mol. The lowest BCUT2D eigenvalue weighted by atomic mass is 10.2. The lowest BCUT2D eigenvalue weighted by Crippen LogP contribution is -2.23. The second kappa shape index (κ2) is 6.83. The molecule has 1 aliphatic rings. The molecule has 1 atom stereocenters. The van der Waals surface area contributed by atoms with Gasteiger partial charge in [-0.25, -0.2) is 9.79 Å². The molecule has 3 nitrogen and oxygen atoms in total. The molecular formula is C13H14ClNO2S. The molecule has 1 aromatic carbocycles. The topological polar surface area (TPSA) is 38.7 Å². The van der Waals surface area contributed by atoms with E-state index in [-0.39, 0.29) is 6.10 Å². The third-order valence-corrected chi connectivity index (χ3v) is 4.21. The molecule has 96 valence electrons. The molecular weight excluding hydrogens is 270 g/mol. The first-order chi connectivity index (χ1) is 8.79. The first-order valence-corrected chi connectivity index (χ1v) is 7.39. The van der Waals surface area contributed by atoms with Gasteiger partial charge in [-0.3, -0.25) is 0 Å². The van der Waals surface area contributed by atoms with Crippen molar-refractivity contribution in [2.75, 3.05) is 11.5 Å². The SMILES string of the molecule is O=C=NCc1ccc(OC2CCCSC2)c(Cl)c1. The van der Waals surface area contributed by atoms with E-state index in [1.54, 1.807) is 6.07 Å². The molecule has 0 bridgehead atoms. The third-order valence-electron chi connectivity index (χ3n) is 2.73. The molecule has 0 N–H and O–H groups in total. The number of nitrogens with zero attached hydrogens (tertiary/aromatic N) is 1. The highest BCUT2D eigenvalue weighted by Crippen LogP contribution is 2.29. The molecule has 0 saturated carbocycles. The van der Waals surface area contributed by atoms with Gasteiger partial charge in [0.2, 0.25) is 6.08 Å². The standard InChI is InChI=1S/C13H14ClNO2S/c14-12-6-10(7-15-9-16)3-4-13(12)17-11-2-1-5-18-8-11/h3-4,6,11H,1-2,5,7-8H2. The fraction of sp³-hybridized carbons (Fsp3) is 0.462. The Bertz CT molecular complexity index is 454. The zero-order valence-electron chi connectivity index (χ0n) is 9.89. The van der Waals surface area contributed by atoms with Crippen molar-refractivity contribution in [2.45, 2.75) is 25.5 Å². The summed E-state index contributed by atoms with van der Waals surface area (Å²) in [5.41, 5.74) is 0.883. The summed E-state index contributed by atoms with van der Waals surface area (Å²) in [7, 11) is 0. The molecule has 2 rings (SSSR count). The minimum Gasteiger partial charge on any atom is -0.488 e. The predicted molar refractivity (Wildman–Crippen MR) is 74.3 cm³/mol. The lowest BCUT2D eigenvalue weighted by Gasteiger charge is -2.23. The second-order valence-electron chi connectivity index (χ2n) is 4.13. The number of benzene rings is 1. The van der Waals surface area contributed by atoms with E-state index in [1.807, 2.05) is 23.9 Å². The Morgan fingerprint density at radius 3 is 3.11 bits per heavy atom. The summed E-state index contributed by atoms with van der Waals surface area (Å²) in [6.07, 6.45) is 4.04. The average Bonchev–Trinajstić information content (AvgIpc) is 2.40. The van der Waals surface area contributed by atoms with Crippen LogP contribution in [0.15, 0.2) is 23.2 Å². The molecule has 1 aliphatic heterocycles. The maximum absolute atomic E-state index is 10.0. The van der Waals surface area contributed by atoms with E-state index in [0.717, 1.165) is 17.7 Å². The Kier molecular flexibility index (Phi) is 5.12. The van der Waals surface area contributed by atoms with Crippen LogP contribution in [0.2, 0.25) is 5.02 Å². The van der Waals surface area contributed by atoms with Crippen molar-refractivity contribution in [3.8, 4) is 5.75 Å². The summed E-state index contributed by atoms with van der Waals surface area (Å²) in [5.74, 6) is 2.95. The van der Waals surface area contributed by atoms with Gasteiger partial charge in [0.05, 0.1) is 11.6 Å². The molecule has 1 fully saturated rings. The van der Waals surface area contributed by atoms with Crippen LogP contribution in [-0.4, -0.2) is 23.7 Å². The van der Waals surface area contributed by atoms with Crippen LogP contribution in [0.25, 0.3) is 0 Å². The van der Waals surface area contributed by atoms with E-state index in [0.29, 0.717) is 17.3 Å². The third kappa shape index (κ3) is 3.77. The summed E-state index contributed by atoms with van der Waals surface area (Å²) in [5, 5.41) is 0.573. The van der Waals surface area contributed by atoms with Crippen molar-refractivity contribution in [2.24, 2.45) is 4.99 Å². The van der Waals surface area contributed by atoms with Gasteiger partial charge >= 0.3 is 0 Å². The van der Waals surface area contributed by atoms with Crippen molar-refractivity contribution in [1.29, 1.82) is 0 Å². The van der Waals surface area contributed by atoms with Crippen LogP contribution in [-0.2, 0) is 11.3 Å². The molecule has 0 radical (unpaired) electrons. The van der Waals surface area contributed by atoms with Crippen LogP contribution in [0.1, 0.15) is 18.4 Å². The highest BCUT2D eigenvalue weighted by atomic mass is 35.5. The number of halogens is 1. The van der Waals surface area contributed by atoms with E-state index in [4.69, 9.17) is 16.3 Å². The van der Waals surface area contributed by atoms with Crippen molar-refractivity contribution >= 4 is 29.4 Å². The molecule has 0 spiro atoms. The number of thioether (sulfide) groups is 1. The van der Waals surface area contributed by atoms with Crippen molar-refractivity contribution in [3.63, 3.8) is 0 Å². The van der Waals surface area contributed by atoms with Gasteiger partial charge in [-0.2, -0.15) is 11.8 Å². The Balaban J connectivity index is 2.02. The summed E-state index contributed by atoms with van der Waals surface area (Å²) >= 11 is 8.07. The first-order valence-electron chi connectivity index (χ1n) is 5.86. The highest BCUT2D eigenvalue weighted by molar-refractivity contribution is 7.99. The van der Waals surface area contributed by atoms with Gasteiger partial charge in [-0.1, -0.05) is 17.7 Å². The van der Waals surface area contributed by atoms with Gasteiger partial charge in [-0.05, 0) is 36.3 Å². The molecule has 0 aliphatic carbocycles. The number of hydrogen-bond donors (Lipinski definition) is 0. The van der Waals surface area contributed by atoms with Crippen LogP contribution in [0.4, 0.5) is 0 Å². The van der Waals surface area contributed by atoms with Crippen molar-refractivity contribution in [1.82, 2.24) is 0 Å². The van der Waals surface area contributed by atoms with Crippen LogP contribution in [0.3, 0.4) is 0 Å². The number of aliphatic imine (C=N–C) groups is 1. The summed E-state index contributed by atoms with van der Waals surface area (Å²) in [6.45, 7) is 0.308. The smallest absolute Gasteiger partial charge is 0.235 e. The van der Waals surface area contributed by atoms with E-state index < -0.39 is 0 Å². The zero-order chi connectivity index (χ0) is 12.8. The Morgan fingerprint density at radius 1 is 1.56 bits per heavy atom. The van der Waals surface area contributed by atoms with Crippen LogP contribution in [0.5, 0.6) is 5.75 Å². The number of rotatable bonds is 4.